The second kappa shape index (κ2) is 8.03. The number of aliphatic carboxylic acids is 1. The molecule has 0 fully saturated rings. The lowest BCUT2D eigenvalue weighted by Gasteiger charge is -2.17. The minimum Gasteiger partial charge on any atom is -0.481 e. The Bertz CT molecular complexity index is 712. The van der Waals surface area contributed by atoms with Crippen LogP contribution in [0.15, 0.2) is 29.6 Å². The number of carbonyl (C=O) groups excluding carboxylic acids is 1. The highest BCUT2D eigenvalue weighted by Gasteiger charge is 2.16. The monoisotopic (exact) mass is 347 g/mol. The van der Waals surface area contributed by atoms with Gasteiger partial charge in [0.1, 0.15) is 0 Å². The maximum absolute atomic E-state index is 12.0. The third kappa shape index (κ3) is 5.14. The molecule has 0 bridgehead atoms. The van der Waals surface area contributed by atoms with Crippen LogP contribution in [0.5, 0.6) is 0 Å². The summed E-state index contributed by atoms with van der Waals surface area (Å²) in [5.74, 6) is -1.60. The van der Waals surface area contributed by atoms with Crippen LogP contribution in [0.3, 0.4) is 0 Å². The SMILES string of the molecule is Cc1ccc(-c2csc(NC(=O)CN(C)CC(C)C(=O)O)n2)cc1. The topological polar surface area (TPSA) is 82.5 Å². The zero-order valence-corrected chi connectivity index (χ0v) is 14.8. The molecule has 2 N–H and O–H groups in total. The van der Waals surface area contributed by atoms with E-state index in [1.54, 1.807) is 18.9 Å². The highest BCUT2D eigenvalue weighted by Crippen LogP contribution is 2.25. The summed E-state index contributed by atoms with van der Waals surface area (Å²) >= 11 is 1.37. The van der Waals surface area contributed by atoms with Gasteiger partial charge in [-0.25, -0.2) is 4.98 Å². The maximum Gasteiger partial charge on any atom is 0.307 e. The van der Waals surface area contributed by atoms with Gasteiger partial charge in [-0.05, 0) is 14.0 Å². The first kappa shape index (κ1) is 18.1. The molecule has 128 valence electrons. The van der Waals surface area contributed by atoms with Crippen molar-refractivity contribution < 1.29 is 14.7 Å². The molecule has 1 atom stereocenters. The third-order valence-electron chi connectivity index (χ3n) is 3.52. The molecule has 1 aromatic carbocycles. The van der Waals surface area contributed by atoms with Gasteiger partial charge in [-0.15, -0.1) is 11.3 Å². The third-order valence-corrected chi connectivity index (χ3v) is 4.28. The van der Waals surface area contributed by atoms with Gasteiger partial charge in [0.05, 0.1) is 18.2 Å². The summed E-state index contributed by atoms with van der Waals surface area (Å²) in [6.07, 6.45) is 0. The quantitative estimate of drug-likeness (QED) is 0.805. The number of aryl methyl sites for hydroxylation is 1. The number of rotatable bonds is 7. The molecule has 0 spiro atoms. The van der Waals surface area contributed by atoms with E-state index in [-0.39, 0.29) is 12.5 Å². The minimum atomic E-state index is -0.870. The van der Waals surface area contributed by atoms with E-state index in [0.29, 0.717) is 11.7 Å². The number of amides is 1. The molecule has 0 radical (unpaired) electrons. The van der Waals surface area contributed by atoms with Crippen LogP contribution >= 0.6 is 11.3 Å². The summed E-state index contributed by atoms with van der Waals surface area (Å²) < 4.78 is 0. The van der Waals surface area contributed by atoms with Gasteiger partial charge in [0.15, 0.2) is 5.13 Å². The maximum atomic E-state index is 12.0. The lowest BCUT2D eigenvalue weighted by atomic mass is 10.1. The molecule has 2 aromatic rings. The number of likely N-dealkylation sites (N-methyl/N-ethyl adjacent to an activating group) is 1. The highest BCUT2D eigenvalue weighted by molar-refractivity contribution is 7.14. The van der Waals surface area contributed by atoms with Gasteiger partial charge in [0.2, 0.25) is 5.91 Å². The minimum absolute atomic E-state index is 0.122. The van der Waals surface area contributed by atoms with Gasteiger partial charge >= 0.3 is 5.97 Å². The van der Waals surface area contributed by atoms with E-state index >= 15 is 0 Å². The Morgan fingerprint density at radius 3 is 2.62 bits per heavy atom. The first-order chi connectivity index (χ1) is 11.3. The van der Waals surface area contributed by atoms with Crippen LogP contribution in [0, 0.1) is 12.8 Å². The number of aromatic nitrogens is 1. The molecule has 1 unspecified atom stereocenters. The van der Waals surface area contributed by atoms with E-state index in [0.717, 1.165) is 11.3 Å². The molecule has 1 amide bonds. The smallest absolute Gasteiger partial charge is 0.307 e. The molecule has 0 saturated heterocycles. The summed E-state index contributed by atoms with van der Waals surface area (Å²) in [5, 5.41) is 14.1. The van der Waals surface area contributed by atoms with Crippen molar-refractivity contribution in [2.24, 2.45) is 5.92 Å². The van der Waals surface area contributed by atoms with Crippen molar-refractivity contribution in [3.05, 3.63) is 35.2 Å². The van der Waals surface area contributed by atoms with Crippen LogP contribution in [0.25, 0.3) is 11.3 Å². The molecule has 1 aromatic heterocycles. The van der Waals surface area contributed by atoms with Crippen molar-refractivity contribution in [2.75, 3.05) is 25.5 Å². The van der Waals surface area contributed by atoms with E-state index < -0.39 is 11.9 Å². The van der Waals surface area contributed by atoms with E-state index in [2.05, 4.69) is 10.3 Å². The summed E-state index contributed by atoms with van der Waals surface area (Å²) in [6.45, 7) is 4.08. The van der Waals surface area contributed by atoms with Crippen molar-refractivity contribution in [2.45, 2.75) is 13.8 Å². The number of carbonyl (C=O) groups is 2. The zero-order valence-electron chi connectivity index (χ0n) is 13.9. The number of thiazole rings is 1. The molecule has 2 rings (SSSR count). The van der Waals surface area contributed by atoms with Crippen molar-refractivity contribution in [1.29, 1.82) is 0 Å². The zero-order chi connectivity index (χ0) is 17.7. The first-order valence-electron chi connectivity index (χ1n) is 7.59. The Hall–Kier alpha value is -2.25. The van der Waals surface area contributed by atoms with E-state index in [1.165, 1.54) is 16.9 Å². The molecule has 0 saturated carbocycles. The molecule has 0 aliphatic rings. The number of benzene rings is 1. The van der Waals surface area contributed by atoms with Crippen molar-refractivity contribution in [3.63, 3.8) is 0 Å². The van der Waals surface area contributed by atoms with Gasteiger partial charge in [0.25, 0.3) is 0 Å². The average Bonchev–Trinajstić information content (AvgIpc) is 2.95. The second-order valence-corrected chi connectivity index (χ2v) is 6.75. The summed E-state index contributed by atoms with van der Waals surface area (Å²) in [5.41, 5.74) is 3.01. The largest absolute Gasteiger partial charge is 0.481 e. The Labute approximate surface area is 145 Å². The molecule has 24 heavy (non-hydrogen) atoms. The Morgan fingerprint density at radius 2 is 2.00 bits per heavy atom. The van der Waals surface area contributed by atoms with Crippen LogP contribution in [0.1, 0.15) is 12.5 Å². The Kier molecular flexibility index (Phi) is 6.05. The predicted molar refractivity (Wildman–Crippen MR) is 95.2 cm³/mol. The van der Waals surface area contributed by atoms with Crippen LogP contribution in [-0.2, 0) is 9.59 Å². The van der Waals surface area contributed by atoms with E-state index in [9.17, 15) is 9.59 Å². The fraction of sp³-hybridized carbons (Fsp3) is 0.353. The number of anilines is 1. The fourth-order valence-electron chi connectivity index (χ4n) is 2.20. The Balaban J connectivity index is 1.91. The first-order valence-corrected chi connectivity index (χ1v) is 8.47. The van der Waals surface area contributed by atoms with Crippen LogP contribution in [0.4, 0.5) is 5.13 Å². The predicted octanol–water partition coefficient (Wildman–Crippen LogP) is 2.71. The second-order valence-electron chi connectivity index (χ2n) is 5.89. The number of carboxylic acid groups (broad SMARTS) is 1. The average molecular weight is 347 g/mol. The Morgan fingerprint density at radius 1 is 1.33 bits per heavy atom. The number of hydrogen-bond acceptors (Lipinski definition) is 5. The van der Waals surface area contributed by atoms with Crippen molar-refractivity contribution >= 4 is 28.3 Å². The standard InChI is InChI=1S/C17H21N3O3S/c1-11-4-6-13(7-5-11)14-10-24-17(18-14)19-15(21)9-20(3)8-12(2)16(22)23/h4-7,10,12H,8-9H2,1-3H3,(H,22,23)(H,18,19,21). The van der Waals surface area contributed by atoms with Crippen molar-refractivity contribution in [3.8, 4) is 11.3 Å². The lowest BCUT2D eigenvalue weighted by molar-refractivity contribution is -0.141. The highest BCUT2D eigenvalue weighted by atomic mass is 32.1. The molecular formula is C17H21N3O3S. The molecular weight excluding hydrogens is 326 g/mol. The molecule has 1 heterocycles. The van der Waals surface area contributed by atoms with Gasteiger partial charge in [0, 0.05) is 17.5 Å². The summed E-state index contributed by atoms with van der Waals surface area (Å²) in [4.78, 5) is 29.0. The molecule has 0 aliphatic carbocycles. The van der Waals surface area contributed by atoms with E-state index in [1.807, 2.05) is 36.6 Å². The number of hydrogen-bond donors (Lipinski definition) is 2. The van der Waals surface area contributed by atoms with Crippen LogP contribution in [-0.4, -0.2) is 47.0 Å². The van der Waals surface area contributed by atoms with Gasteiger partial charge in [-0.2, -0.15) is 0 Å². The lowest BCUT2D eigenvalue weighted by Crippen LogP contribution is -2.35. The van der Waals surface area contributed by atoms with Crippen LogP contribution < -0.4 is 5.32 Å². The van der Waals surface area contributed by atoms with Gasteiger partial charge in [-0.1, -0.05) is 36.8 Å². The summed E-state index contributed by atoms with van der Waals surface area (Å²) in [7, 11) is 1.72. The molecule has 7 heteroatoms. The number of nitrogens with one attached hydrogen (secondary N) is 1. The van der Waals surface area contributed by atoms with Crippen LogP contribution in [0.2, 0.25) is 0 Å². The van der Waals surface area contributed by atoms with Gasteiger partial charge in [-0.3, -0.25) is 14.5 Å². The number of nitrogens with zero attached hydrogens (tertiary/aromatic N) is 2. The van der Waals surface area contributed by atoms with Crippen molar-refractivity contribution in [1.82, 2.24) is 9.88 Å². The summed E-state index contributed by atoms with van der Waals surface area (Å²) in [6, 6.07) is 8.03. The normalized spacial score (nSPS) is 12.2. The number of carboxylic acids is 1. The molecule has 0 aliphatic heterocycles. The fourth-order valence-corrected chi connectivity index (χ4v) is 2.94. The molecule has 6 nitrogen and oxygen atoms in total. The van der Waals surface area contributed by atoms with Gasteiger partial charge < -0.3 is 10.4 Å². The van der Waals surface area contributed by atoms with E-state index in [4.69, 9.17) is 5.11 Å².